The molecule has 1 saturated heterocycles. The number of benzene rings is 1. The lowest BCUT2D eigenvalue weighted by atomic mass is 10.0. The Bertz CT molecular complexity index is 1140. The maximum atomic E-state index is 13.2. The molecule has 0 N–H and O–H groups in total. The number of hydrogen-bond donors (Lipinski definition) is 0. The van der Waals surface area contributed by atoms with Crippen LogP contribution in [0.4, 0.5) is 5.13 Å². The van der Waals surface area contributed by atoms with Gasteiger partial charge in [-0.15, -0.1) is 22.9 Å². The first-order valence-electron chi connectivity index (χ1n) is 10.2. The fourth-order valence-corrected chi connectivity index (χ4v) is 7.23. The fourth-order valence-electron chi connectivity index (χ4n) is 3.92. The summed E-state index contributed by atoms with van der Waals surface area (Å²) < 4.78 is 38.7. The summed E-state index contributed by atoms with van der Waals surface area (Å²) in [7, 11) is -0.326. The Morgan fingerprint density at radius 3 is 2.56 bits per heavy atom. The molecule has 1 aromatic heterocycles. The van der Waals surface area contributed by atoms with Gasteiger partial charge < -0.3 is 14.4 Å². The largest absolute Gasteiger partial charge is 0.497 e. The van der Waals surface area contributed by atoms with Gasteiger partial charge in [0.1, 0.15) is 16.7 Å². The van der Waals surface area contributed by atoms with Gasteiger partial charge in [-0.1, -0.05) is 24.3 Å². The Balaban J connectivity index is 1.46. The van der Waals surface area contributed by atoms with E-state index in [-0.39, 0.29) is 0 Å². The van der Waals surface area contributed by atoms with Crippen molar-refractivity contribution >= 4 is 38.1 Å². The van der Waals surface area contributed by atoms with E-state index in [4.69, 9.17) is 26.1 Å². The van der Waals surface area contributed by atoms with Gasteiger partial charge in [0.2, 0.25) is 10.0 Å². The molecule has 2 heterocycles. The number of nitrogens with zero attached hydrogens (tertiary/aromatic N) is 3. The highest BCUT2D eigenvalue weighted by Gasteiger charge is 2.43. The summed E-state index contributed by atoms with van der Waals surface area (Å²) in [4.78, 5) is 5.95. The highest BCUT2D eigenvalue weighted by atomic mass is 35.5. The molecule has 7 nitrogen and oxygen atoms in total. The van der Waals surface area contributed by atoms with Crippen LogP contribution in [0.5, 0.6) is 11.5 Å². The molecule has 2 atom stereocenters. The van der Waals surface area contributed by atoms with Crippen molar-refractivity contribution in [3.8, 4) is 22.8 Å². The lowest BCUT2D eigenvalue weighted by Gasteiger charge is -2.38. The molecule has 32 heavy (non-hydrogen) atoms. The second kappa shape index (κ2) is 9.05. The Morgan fingerprint density at radius 1 is 1.16 bits per heavy atom. The van der Waals surface area contributed by atoms with Gasteiger partial charge in [0.05, 0.1) is 24.8 Å². The number of hydrogen-bond acceptors (Lipinski definition) is 7. The molecule has 0 saturated carbocycles. The third-order valence-corrected chi connectivity index (χ3v) is 9.51. The minimum Gasteiger partial charge on any atom is -0.497 e. The van der Waals surface area contributed by atoms with E-state index in [1.165, 1.54) is 11.3 Å². The van der Waals surface area contributed by atoms with Crippen LogP contribution in [0.2, 0.25) is 0 Å². The minimum atomic E-state index is -3.56. The van der Waals surface area contributed by atoms with E-state index in [9.17, 15) is 8.42 Å². The Morgan fingerprint density at radius 2 is 1.91 bits per heavy atom. The van der Waals surface area contributed by atoms with Gasteiger partial charge in [-0.25, -0.2) is 13.4 Å². The molecule has 4 rings (SSSR count). The zero-order chi connectivity index (χ0) is 22.9. The third-order valence-electron chi connectivity index (χ3n) is 5.74. The SMILES string of the molecule is COc1ccc(-c2csc(N3CCN(S(=O)(=O)C4C=CC=CC4(C)Cl)CC3)n2)c(OC)c1. The molecule has 2 aliphatic rings. The second-order valence-corrected chi connectivity index (χ2v) is 11.5. The van der Waals surface area contributed by atoms with Gasteiger partial charge >= 0.3 is 0 Å². The average Bonchev–Trinajstić information content (AvgIpc) is 3.28. The molecule has 1 fully saturated rings. The number of alkyl halides is 1. The summed E-state index contributed by atoms with van der Waals surface area (Å²) in [5.41, 5.74) is 1.70. The summed E-state index contributed by atoms with van der Waals surface area (Å²) in [6, 6.07) is 5.63. The molecule has 10 heteroatoms. The van der Waals surface area contributed by atoms with Crippen LogP contribution >= 0.6 is 22.9 Å². The molecule has 2 aromatic rings. The average molecular weight is 496 g/mol. The Kier molecular flexibility index (Phi) is 6.53. The van der Waals surface area contributed by atoms with Crippen molar-refractivity contribution in [1.82, 2.24) is 9.29 Å². The van der Waals surface area contributed by atoms with Gasteiger partial charge in [0.25, 0.3) is 0 Å². The van der Waals surface area contributed by atoms with Crippen LogP contribution in [0.25, 0.3) is 11.3 Å². The number of thiazole rings is 1. The summed E-state index contributed by atoms with van der Waals surface area (Å²) in [5, 5.41) is 2.07. The quantitative estimate of drug-likeness (QED) is 0.568. The van der Waals surface area contributed by atoms with Crippen molar-refractivity contribution in [1.29, 1.82) is 0 Å². The van der Waals surface area contributed by atoms with Gasteiger partial charge in [-0.3, -0.25) is 0 Å². The van der Waals surface area contributed by atoms with Crippen LogP contribution in [0, 0.1) is 0 Å². The second-order valence-electron chi connectivity index (χ2n) is 7.83. The summed E-state index contributed by atoms with van der Waals surface area (Å²) >= 11 is 8.03. The van der Waals surface area contributed by atoms with Gasteiger partial charge in [0.15, 0.2) is 5.13 Å². The molecule has 172 valence electrons. The third kappa shape index (κ3) is 4.39. The van der Waals surface area contributed by atoms with Crippen LogP contribution in [0.1, 0.15) is 6.92 Å². The molecule has 1 aromatic carbocycles. The normalized spacial score (nSPS) is 24.0. The summed E-state index contributed by atoms with van der Waals surface area (Å²) in [6.07, 6.45) is 6.93. The zero-order valence-corrected chi connectivity index (χ0v) is 20.6. The van der Waals surface area contributed by atoms with E-state index in [2.05, 4.69) is 4.90 Å². The molecule has 1 aliphatic heterocycles. The lowest BCUT2D eigenvalue weighted by molar-refractivity contribution is 0.379. The standard InChI is InChI=1S/C22H26ClN3O4S2/c1-22(23)9-5-4-6-20(22)32(27,28)26-12-10-25(11-13-26)21-24-18(15-31-21)17-8-7-16(29-2)14-19(17)30-3/h4-9,14-15,20H,10-13H2,1-3H3. The van der Waals surface area contributed by atoms with Gasteiger partial charge in [-0.2, -0.15) is 4.31 Å². The molecule has 2 unspecified atom stereocenters. The molecule has 0 amide bonds. The molecular formula is C22H26ClN3O4S2. The Labute approximate surface area is 198 Å². The van der Waals surface area contributed by atoms with E-state index < -0.39 is 20.1 Å². The predicted molar refractivity (Wildman–Crippen MR) is 130 cm³/mol. The molecule has 0 radical (unpaired) electrons. The number of rotatable bonds is 6. The van der Waals surface area contributed by atoms with Crippen LogP contribution in [-0.4, -0.2) is 68.2 Å². The zero-order valence-electron chi connectivity index (χ0n) is 18.2. The van der Waals surface area contributed by atoms with Crippen molar-refractivity contribution in [2.45, 2.75) is 17.0 Å². The van der Waals surface area contributed by atoms with Crippen LogP contribution in [0.3, 0.4) is 0 Å². The van der Waals surface area contributed by atoms with E-state index >= 15 is 0 Å². The molecular weight excluding hydrogens is 470 g/mol. The Hall–Kier alpha value is -2.07. The van der Waals surface area contributed by atoms with Crippen LogP contribution < -0.4 is 14.4 Å². The van der Waals surface area contributed by atoms with Crippen LogP contribution in [-0.2, 0) is 10.0 Å². The first kappa shape index (κ1) is 23.1. The minimum absolute atomic E-state index is 0.393. The van der Waals surface area contributed by atoms with Crippen molar-refractivity contribution in [2.24, 2.45) is 0 Å². The number of piperazine rings is 1. The number of halogens is 1. The first-order valence-corrected chi connectivity index (χ1v) is 13.0. The van der Waals surface area contributed by atoms with E-state index in [1.807, 2.05) is 23.6 Å². The van der Waals surface area contributed by atoms with Crippen molar-refractivity contribution < 1.29 is 17.9 Å². The highest BCUT2D eigenvalue weighted by Crippen LogP contribution is 2.37. The maximum Gasteiger partial charge on any atom is 0.222 e. The highest BCUT2D eigenvalue weighted by molar-refractivity contribution is 7.90. The maximum absolute atomic E-state index is 13.2. The van der Waals surface area contributed by atoms with E-state index in [0.717, 1.165) is 22.1 Å². The number of sulfonamides is 1. The van der Waals surface area contributed by atoms with Crippen LogP contribution in [0.15, 0.2) is 47.9 Å². The smallest absolute Gasteiger partial charge is 0.222 e. The molecule has 0 spiro atoms. The van der Waals surface area contributed by atoms with E-state index in [1.54, 1.807) is 49.8 Å². The fraction of sp³-hybridized carbons (Fsp3) is 0.409. The number of methoxy groups -OCH3 is 2. The topological polar surface area (TPSA) is 72.0 Å². The monoisotopic (exact) mass is 495 g/mol. The number of ether oxygens (including phenoxy) is 2. The van der Waals surface area contributed by atoms with Gasteiger partial charge in [-0.05, 0) is 19.1 Å². The molecule has 0 bridgehead atoms. The number of aromatic nitrogens is 1. The van der Waals surface area contributed by atoms with Crippen molar-refractivity contribution in [2.75, 3.05) is 45.3 Å². The number of allylic oxidation sites excluding steroid dienone is 3. The van der Waals surface area contributed by atoms with E-state index in [0.29, 0.717) is 31.9 Å². The van der Waals surface area contributed by atoms with Crippen molar-refractivity contribution in [3.05, 3.63) is 47.9 Å². The summed E-state index contributed by atoms with van der Waals surface area (Å²) in [6.45, 7) is 3.65. The van der Waals surface area contributed by atoms with Gasteiger partial charge in [0, 0.05) is 43.2 Å². The lowest BCUT2D eigenvalue weighted by Crippen LogP contribution is -2.54. The number of anilines is 1. The first-order chi connectivity index (χ1) is 15.3. The predicted octanol–water partition coefficient (Wildman–Crippen LogP) is 3.77. The molecule has 1 aliphatic carbocycles. The summed E-state index contributed by atoms with van der Waals surface area (Å²) in [5.74, 6) is 1.41. The van der Waals surface area contributed by atoms with Crippen molar-refractivity contribution in [3.63, 3.8) is 0 Å².